The highest BCUT2D eigenvalue weighted by atomic mass is 19.4. The van der Waals surface area contributed by atoms with E-state index in [-0.39, 0.29) is 4.90 Å². The molecule has 0 bridgehead atoms. The van der Waals surface area contributed by atoms with Crippen molar-refractivity contribution in [1.82, 2.24) is 4.90 Å². The largest absolute Gasteiger partial charge is 0.462 e. The van der Waals surface area contributed by atoms with Crippen LogP contribution in [0.3, 0.4) is 0 Å². The van der Waals surface area contributed by atoms with Crippen LogP contribution >= 0.6 is 0 Å². The van der Waals surface area contributed by atoms with E-state index in [2.05, 4.69) is 4.74 Å². The fourth-order valence-electron chi connectivity index (χ4n) is 2.38. The first kappa shape index (κ1) is 34.2. The molecule has 0 aliphatic rings. The number of nitrogens with zero attached hydrogens (tertiary/aromatic N) is 1. The van der Waals surface area contributed by atoms with E-state index >= 15 is 0 Å². The maximum absolute atomic E-state index is 14.6. The van der Waals surface area contributed by atoms with Crippen molar-refractivity contribution < 1.29 is 88.9 Å². The average molecular weight is 579 g/mol. The number of carbonyl (C=O) groups is 1. The number of halogens is 17. The molecule has 0 radical (unpaired) electrons. The minimum atomic E-state index is -8.03. The Bertz CT molecular complexity index is 780. The van der Waals surface area contributed by atoms with E-state index in [0.29, 0.717) is 0 Å². The van der Waals surface area contributed by atoms with Gasteiger partial charge < -0.3 is 4.90 Å². The predicted molar refractivity (Wildman–Crippen MR) is 80.0 cm³/mol. The van der Waals surface area contributed by atoms with Crippen molar-refractivity contribution in [3.8, 4) is 0 Å². The molecule has 216 valence electrons. The van der Waals surface area contributed by atoms with Gasteiger partial charge in [-0.1, -0.05) is 0 Å². The zero-order chi connectivity index (χ0) is 29.7. The van der Waals surface area contributed by atoms with Gasteiger partial charge in [-0.25, -0.2) is 0 Å². The molecule has 0 N–H and O–H groups in total. The summed E-state index contributed by atoms with van der Waals surface area (Å²) >= 11 is 0. The van der Waals surface area contributed by atoms with Gasteiger partial charge in [-0.05, 0) is 27.7 Å². The molecule has 0 saturated heterocycles. The molecule has 1 amide bonds. The third-order valence-electron chi connectivity index (χ3n) is 3.99. The summed E-state index contributed by atoms with van der Waals surface area (Å²) in [5.41, 5.74) is 0. The van der Waals surface area contributed by atoms with Gasteiger partial charge in [0.05, 0.1) is 0 Å². The SMILES string of the molecule is CC(C)N(C(=O)[C@](F)(OC(F)(F)[C@](F)(OC(F)(F)C(F)(F)C(F)(F)F)C(F)(F)F)C(F)(F)F)C(C)C. The van der Waals surface area contributed by atoms with Gasteiger partial charge in [0.15, 0.2) is 0 Å². The van der Waals surface area contributed by atoms with Gasteiger partial charge in [0.25, 0.3) is 5.91 Å². The Balaban J connectivity index is 6.99. The van der Waals surface area contributed by atoms with Gasteiger partial charge in [-0.3, -0.25) is 14.3 Å². The van der Waals surface area contributed by atoms with E-state index in [9.17, 15) is 79.4 Å². The van der Waals surface area contributed by atoms with E-state index in [1.807, 2.05) is 0 Å². The molecule has 0 aromatic rings. The van der Waals surface area contributed by atoms with Gasteiger partial charge in [0, 0.05) is 12.1 Å². The molecule has 0 aromatic heterocycles. The summed E-state index contributed by atoms with van der Waals surface area (Å²) in [4.78, 5) is 11.7. The first-order valence-corrected chi connectivity index (χ1v) is 8.78. The van der Waals surface area contributed by atoms with Crippen LogP contribution in [0.1, 0.15) is 27.7 Å². The van der Waals surface area contributed by atoms with Crippen LogP contribution in [0.25, 0.3) is 0 Å². The Morgan fingerprint density at radius 3 is 1.17 bits per heavy atom. The standard InChI is InChI=1S/C15H14F17NO3/c1-5(2)33(6(3)4)7(34)8(16,11(20,21)22)35-15(31,32)10(19,13(26,27)28)36-14(29,30)9(17,18)12(23,24)25/h5-6H,1-4H3/t8-,10+/m0/s1. The zero-order valence-electron chi connectivity index (χ0n) is 17.8. The Morgan fingerprint density at radius 2 is 0.917 bits per heavy atom. The number of alkyl halides is 17. The molecule has 0 spiro atoms. The predicted octanol–water partition coefficient (Wildman–Crippen LogP) is 6.50. The Hall–Kier alpha value is -1.80. The monoisotopic (exact) mass is 579 g/mol. The van der Waals surface area contributed by atoms with Crippen LogP contribution in [0.15, 0.2) is 0 Å². The van der Waals surface area contributed by atoms with Gasteiger partial charge in [-0.15, -0.1) is 0 Å². The molecule has 2 atom stereocenters. The highest BCUT2D eigenvalue weighted by molar-refractivity contribution is 5.85. The number of ether oxygens (including phenoxy) is 2. The summed E-state index contributed by atoms with van der Waals surface area (Å²) in [7, 11) is 0. The molecular weight excluding hydrogens is 565 g/mol. The molecule has 0 aliphatic carbocycles. The van der Waals surface area contributed by atoms with Gasteiger partial charge >= 0.3 is 48.4 Å². The van der Waals surface area contributed by atoms with Crippen molar-refractivity contribution in [2.24, 2.45) is 0 Å². The second kappa shape index (κ2) is 9.50. The Kier molecular flexibility index (Phi) is 9.02. The number of amides is 1. The number of hydrogen-bond donors (Lipinski definition) is 0. The molecule has 0 aromatic carbocycles. The van der Waals surface area contributed by atoms with E-state index in [0.717, 1.165) is 27.7 Å². The molecule has 36 heavy (non-hydrogen) atoms. The lowest BCUT2D eigenvalue weighted by molar-refractivity contribution is -0.548. The molecule has 0 aliphatic heterocycles. The Morgan fingerprint density at radius 1 is 0.556 bits per heavy atom. The van der Waals surface area contributed by atoms with Crippen molar-refractivity contribution >= 4 is 5.91 Å². The first-order chi connectivity index (χ1) is 15.3. The topological polar surface area (TPSA) is 38.8 Å². The lowest BCUT2D eigenvalue weighted by atomic mass is 10.1. The second-order valence-corrected chi connectivity index (χ2v) is 7.40. The van der Waals surface area contributed by atoms with Crippen LogP contribution in [0.4, 0.5) is 74.6 Å². The minimum Gasteiger partial charge on any atom is -0.333 e. The normalized spacial score (nSPS) is 18.3. The third-order valence-corrected chi connectivity index (χ3v) is 3.99. The lowest BCUT2D eigenvalue weighted by Gasteiger charge is -2.42. The number of rotatable bonds is 9. The van der Waals surface area contributed by atoms with Crippen LogP contribution in [0.5, 0.6) is 0 Å². The zero-order valence-corrected chi connectivity index (χ0v) is 17.8. The molecular formula is C15H14F17NO3. The summed E-state index contributed by atoms with van der Waals surface area (Å²) in [6, 6.07) is -3.15. The Labute approximate surface area is 189 Å². The molecule has 21 heteroatoms. The lowest BCUT2D eigenvalue weighted by Crippen LogP contribution is -2.69. The third kappa shape index (κ3) is 5.85. The van der Waals surface area contributed by atoms with Crippen LogP contribution in [-0.2, 0) is 14.3 Å². The fourth-order valence-corrected chi connectivity index (χ4v) is 2.38. The second-order valence-electron chi connectivity index (χ2n) is 7.40. The summed E-state index contributed by atoms with van der Waals surface area (Å²) in [6.45, 7) is 3.24. The van der Waals surface area contributed by atoms with Crippen LogP contribution in [0, 0.1) is 0 Å². The average Bonchev–Trinajstić information content (AvgIpc) is 2.56. The molecule has 0 fully saturated rings. The van der Waals surface area contributed by atoms with Crippen LogP contribution in [0.2, 0.25) is 0 Å². The van der Waals surface area contributed by atoms with E-state index in [4.69, 9.17) is 0 Å². The van der Waals surface area contributed by atoms with E-state index in [1.165, 1.54) is 4.74 Å². The molecule has 0 rings (SSSR count). The highest BCUT2D eigenvalue weighted by Crippen LogP contribution is 2.56. The van der Waals surface area contributed by atoms with Gasteiger partial charge in [-0.2, -0.15) is 74.6 Å². The van der Waals surface area contributed by atoms with Crippen molar-refractivity contribution in [3.63, 3.8) is 0 Å². The molecule has 0 saturated carbocycles. The first-order valence-electron chi connectivity index (χ1n) is 8.78. The minimum absolute atomic E-state index is 0.287. The van der Waals surface area contributed by atoms with Crippen molar-refractivity contribution in [2.75, 3.05) is 0 Å². The quantitative estimate of drug-likeness (QED) is 0.293. The maximum atomic E-state index is 14.6. The van der Waals surface area contributed by atoms with Gasteiger partial charge in [0.1, 0.15) is 0 Å². The number of carbonyl (C=O) groups excluding carboxylic acids is 1. The number of hydrogen-bond acceptors (Lipinski definition) is 3. The van der Waals surface area contributed by atoms with Crippen molar-refractivity contribution in [1.29, 1.82) is 0 Å². The highest BCUT2D eigenvalue weighted by Gasteiger charge is 2.85. The molecule has 0 unspecified atom stereocenters. The maximum Gasteiger partial charge on any atom is 0.462 e. The smallest absolute Gasteiger partial charge is 0.333 e. The summed E-state index contributed by atoms with van der Waals surface area (Å²) in [6.07, 6.45) is -38.4. The van der Waals surface area contributed by atoms with Crippen molar-refractivity contribution in [3.05, 3.63) is 0 Å². The molecule has 4 nitrogen and oxygen atoms in total. The fraction of sp³-hybridized carbons (Fsp3) is 0.933. The van der Waals surface area contributed by atoms with E-state index < -0.39 is 66.4 Å². The summed E-state index contributed by atoms with van der Waals surface area (Å²) in [5, 5.41) is 0. The van der Waals surface area contributed by atoms with Crippen LogP contribution < -0.4 is 0 Å². The summed E-state index contributed by atoms with van der Waals surface area (Å²) in [5.74, 6) is -25.9. The molecule has 0 heterocycles. The van der Waals surface area contributed by atoms with Crippen molar-refractivity contribution in [2.45, 2.75) is 88.2 Å². The van der Waals surface area contributed by atoms with Crippen LogP contribution in [-0.4, -0.2) is 71.3 Å². The van der Waals surface area contributed by atoms with E-state index in [1.54, 1.807) is 0 Å². The summed E-state index contributed by atoms with van der Waals surface area (Å²) < 4.78 is 227. The van der Waals surface area contributed by atoms with Gasteiger partial charge in [0.2, 0.25) is 0 Å².